The number of allylic oxidation sites excluding steroid dienone is 1. The number of halogens is 1. The van der Waals surface area contributed by atoms with E-state index in [2.05, 4.69) is 15.3 Å². The Morgan fingerprint density at radius 1 is 0.870 bits per heavy atom. The fraction of sp³-hybridized carbons (Fsp3) is 0. The Morgan fingerprint density at radius 2 is 1.65 bits per heavy atom. The van der Waals surface area contributed by atoms with E-state index in [1.54, 1.807) is 23.0 Å². The third-order valence-corrected chi connectivity index (χ3v) is 4.41. The SMILES string of the molecule is Fc1ccc(-c2nnc3n2N=CC=C(c2ccccc2)S3)cc1. The van der Waals surface area contributed by atoms with Gasteiger partial charge in [-0.05, 0) is 47.7 Å². The summed E-state index contributed by atoms with van der Waals surface area (Å²) in [6, 6.07) is 16.2. The summed E-state index contributed by atoms with van der Waals surface area (Å²) < 4.78 is 14.8. The molecule has 0 saturated heterocycles. The quantitative estimate of drug-likeness (QED) is 0.714. The Bertz CT molecular complexity index is 898. The molecular formula is C17H11FN4S. The molecule has 3 aromatic rings. The third kappa shape index (κ3) is 2.68. The molecule has 23 heavy (non-hydrogen) atoms. The molecule has 0 bridgehead atoms. The molecule has 0 amide bonds. The Labute approximate surface area is 136 Å². The highest BCUT2D eigenvalue weighted by Gasteiger charge is 2.17. The van der Waals surface area contributed by atoms with Gasteiger partial charge in [-0.3, -0.25) is 0 Å². The van der Waals surface area contributed by atoms with Crippen molar-refractivity contribution in [3.8, 4) is 11.4 Å². The predicted molar refractivity (Wildman–Crippen MR) is 89.6 cm³/mol. The van der Waals surface area contributed by atoms with Crippen LogP contribution in [0.5, 0.6) is 0 Å². The molecule has 0 fully saturated rings. The van der Waals surface area contributed by atoms with E-state index in [0.29, 0.717) is 11.0 Å². The highest BCUT2D eigenvalue weighted by molar-refractivity contribution is 8.08. The number of benzene rings is 2. The van der Waals surface area contributed by atoms with Crippen molar-refractivity contribution in [2.24, 2.45) is 5.10 Å². The fourth-order valence-electron chi connectivity index (χ4n) is 2.27. The summed E-state index contributed by atoms with van der Waals surface area (Å²) in [5.41, 5.74) is 1.87. The number of thioether (sulfide) groups is 1. The van der Waals surface area contributed by atoms with Crippen LogP contribution in [0.4, 0.5) is 4.39 Å². The normalized spacial score (nSPS) is 13.3. The molecule has 0 N–H and O–H groups in total. The predicted octanol–water partition coefficient (Wildman–Crippen LogP) is 4.06. The van der Waals surface area contributed by atoms with Crippen LogP contribution in [-0.4, -0.2) is 21.1 Å². The Balaban J connectivity index is 1.72. The first kappa shape index (κ1) is 13.9. The van der Waals surface area contributed by atoms with Crippen molar-refractivity contribution >= 4 is 22.9 Å². The maximum Gasteiger partial charge on any atom is 0.217 e. The Morgan fingerprint density at radius 3 is 2.43 bits per heavy atom. The van der Waals surface area contributed by atoms with Crippen molar-refractivity contribution in [1.82, 2.24) is 14.9 Å². The van der Waals surface area contributed by atoms with Crippen molar-refractivity contribution in [3.05, 3.63) is 72.1 Å². The molecule has 112 valence electrons. The lowest BCUT2D eigenvalue weighted by Crippen LogP contribution is -1.94. The van der Waals surface area contributed by atoms with E-state index in [-0.39, 0.29) is 5.82 Å². The van der Waals surface area contributed by atoms with Crippen LogP contribution < -0.4 is 0 Å². The van der Waals surface area contributed by atoms with Crippen molar-refractivity contribution in [2.45, 2.75) is 5.16 Å². The Hall–Kier alpha value is -2.73. The summed E-state index contributed by atoms with van der Waals surface area (Å²) in [6.07, 6.45) is 3.67. The first-order chi connectivity index (χ1) is 11.3. The van der Waals surface area contributed by atoms with Crippen LogP contribution in [0.15, 0.2) is 70.9 Å². The van der Waals surface area contributed by atoms with Crippen LogP contribution >= 0.6 is 11.8 Å². The maximum atomic E-state index is 13.1. The molecule has 1 aliphatic rings. The minimum atomic E-state index is -0.282. The number of nitrogens with zero attached hydrogens (tertiary/aromatic N) is 4. The molecule has 6 heteroatoms. The lowest BCUT2D eigenvalue weighted by Gasteiger charge is -2.04. The van der Waals surface area contributed by atoms with Gasteiger partial charge in [0.15, 0.2) is 5.82 Å². The molecule has 0 unspecified atom stereocenters. The number of aromatic nitrogens is 3. The monoisotopic (exact) mass is 322 g/mol. The van der Waals surface area contributed by atoms with E-state index >= 15 is 0 Å². The van der Waals surface area contributed by atoms with Crippen LogP contribution in [0.2, 0.25) is 0 Å². The summed E-state index contributed by atoms with van der Waals surface area (Å²) in [4.78, 5) is 1.05. The second-order valence-corrected chi connectivity index (χ2v) is 5.90. The number of hydrogen-bond acceptors (Lipinski definition) is 4. The molecule has 4 nitrogen and oxygen atoms in total. The van der Waals surface area contributed by atoms with E-state index in [1.165, 1.54) is 23.9 Å². The van der Waals surface area contributed by atoms with Crippen LogP contribution in [0.1, 0.15) is 5.56 Å². The molecule has 1 aromatic heterocycles. The van der Waals surface area contributed by atoms with Gasteiger partial charge in [-0.25, -0.2) is 4.39 Å². The van der Waals surface area contributed by atoms with Crippen molar-refractivity contribution in [3.63, 3.8) is 0 Å². The molecular weight excluding hydrogens is 311 g/mol. The minimum Gasteiger partial charge on any atom is -0.207 e. The molecule has 4 rings (SSSR count). The topological polar surface area (TPSA) is 43.1 Å². The molecule has 0 radical (unpaired) electrons. The zero-order chi connectivity index (χ0) is 15.6. The summed E-state index contributed by atoms with van der Waals surface area (Å²) in [6.45, 7) is 0. The van der Waals surface area contributed by atoms with E-state index in [1.807, 2.05) is 36.4 Å². The standard InChI is InChI=1S/C17H11FN4S/c18-14-8-6-13(7-9-14)16-20-21-17-22(16)19-11-10-15(23-17)12-4-2-1-3-5-12/h1-11H. The molecule has 0 atom stereocenters. The summed E-state index contributed by atoms with van der Waals surface area (Å²) in [7, 11) is 0. The van der Waals surface area contributed by atoms with Gasteiger partial charge in [-0.2, -0.15) is 9.78 Å². The van der Waals surface area contributed by atoms with Gasteiger partial charge in [0.25, 0.3) is 0 Å². The molecule has 0 saturated carbocycles. The van der Waals surface area contributed by atoms with E-state index in [0.717, 1.165) is 16.0 Å². The molecule has 2 heterocycles. The van der Waals surface area contributed by atoms with Crippen molar-refractivity contribution in [1.29, 1.82) is 0 Å². The average molecular weight is 322 g/mol. The van der Waals surface area contributed by atoms with Crippen molar-refractivity contribution < 1.29 is 4.39 Å². The van der Waals surface area contributed by atoms with Gasteiger partial charge < -0.3 is 0 Å². The second-order valence-electron chi connectivity index (χ2n) is 4.89. The number of rotatable bonds is 2. The fourth-order valence-corrected chi connectivity index (χ4v) is 3.15. The highest BCUT2D eigenvalue weighted by Crippen LogP contribution is 2.35. The third-order valence-electron chi connectivity index (χ3n) is 3.38. The van der Waals surface area contributed by atoms with Gasteiger partial charge >= 0.3 is 0 Å². The van der Waals surface area contributed by atoms with Crippen molar-refractivity contribution in [2.75, 3.05) is 0 Å². The number of fused-ring (bicyclic) bond motifs is 1. The van der Waals surface area contributed by atoms with Gasteiger partial charge in [-0.15, -0.1) is 10.2 Å². The highest BCUT2D eigenvalue weighted by atomic mass is 32.2. The van der Waals surface area contributed by atoms with Gasteiger partial charge in [0.2, 0.25) is 5.16 Å². The average Bonchev–Trinajstić information content (AvgIpc) is 2.86. The molecule has 0 spiro atoms. The molecule has 2 aromatic carbocycles. The molecule has 0 aliphatic carbocycles. The minimum absolute atomic E-state index is 0.282. The van der Waals surface area contributed by atoms with Crippen LogP contribution in [0, 0.1) is 5.82 Å². The van der Waals surface area contributed by atoms with Crippen LogP contribution in [0.25, 0.3) is 16.3 Å². The summed E-state index contributed by atoms with van der Waals surface area (Å²) in [5, 5.41) is 13.5. The smallest absolute Gasteiger partial charge is 0.207 e. The molecule has 1 aliphatic heterocycles. The lowest BCUT2D eigenvalue weighted by atomic mass is 10.2. The van der Waals surface area contributed by atoms with E-state index in [4.69, 9.17) is 0 Å². The van der Waals surface area contributed by atoms with Gasteiger partial charge in [0.1, 0.15) is 5.82 Å². The van der Waals surface area contributed by atoms with Crippen LogP contribution in [-0.2, 0) is 0 Å². The lowest BCUT2D eigenvalue weighted by molar-refractivity contribution is 0.628. The van der Waals surface area contributed by atoms with E-state index < -0.39 is 0 Å². The van der Waals surface area contributed by atoms with Crippen LogP contribution in [0.3, 0.4) is 0 Å². The van der Waals surface area contributed by atoms with E-state index in [9.17, 15) is 4.39 Å². The first-order valence-corrected chi connectivity index (χ1v) is 7.82. The largest absolute Gasteiger partial charge is 0.217 e. The Kier molecular flexibility index (Phi) is 3.51. The first-order valence-electron chi connectivity index (χ1n) is 7.00. The van der Waals surface area contributed by atoms with Gasteiger partial charge in [0.05, 0.1) is 0 Å². The second kappa shape index (κ2) is 5.81. The number of hydrogen-bond donors (Lipinski definition) is 0. The zero-order valence-electron chi connectivity index (χ0n) is 11.9. The van der Waals surface area contributed by atoms with Gasteiger partial charge in [-0.1, -0.05) is 30.3 Å². The summed E-state index contributed by atoms with van der Waals surface area (Å²) >= 11 is 1.50. The van der Waals surface area contributed by atoms with Gasteiger partial charge in [0, 0.05) is 16.7 Å². The summed E-state index contributed by atoms with van der Waals surface area (Å²) in [5.74, 6) is 0.307. The maximum absolute atomic E-state index is 13.1. The zero-order valence-corrected chi connectivity index (χ0v) is 12.7.